The van der Waals surface area contributed by atoms with E-state index >= 15 is 0 Å². The van der Waals surface area contributed by atoms with Gasteiger partial charge in [0, 0.05) is 17.1 Å². The maximum absolute atomic E-state index is 13.4. The summed E-state index contributed by atoms with van der Waals surface area (Å²) in [4.78, 5) is 22.9. The Morgan fingerprint density at radius 3 is 2.52 bits per heavy atom. The fraction of sp³-hybridized carbons (Fsp3) is 0.0800. The first-order valence-electron chi connectivity index (χ1n) is 10.3. The molecule has 8 heteroatoms. The minimum Gasteiger partial charge on any atom is -0.496 e. The number of nitrogens with two attached hydrogens (primary N) is 1. The third-order valence-electron chi connectivity index (χ3n) is 5.42. The predicted molar refractivity (Wildman–Crippen MR) is 130 cm³/mol. The van der Waals surface area contributed by atoms with E-state index in [1.807, 2.05) is 60.7 Å². The van der Waals surface area contributed by atoms with Crippen molar-refractivity contribution in [3.63, 3.8) is 0 Å². The van der Waals surface area contributed by atoms with Gasteiger partial charge in [0.05, 0.1) is 23.8 Å². The summed E-state index contributed by atoms with van der Waals surface area (Å²) in [5.41, 5.74) is 10.6. The Bertz CT molecular complexity index is 1510. The molecule has 0 bridgehead atoms. The first kappa shape index (κ1) is 20.8. The normalized spacial score (nSPS) is 11.1. The van der Waals surface area contributed by atoms with Gasteiger partial charge >= 0.3 is 0 Å². The van der Waals surface area contributed by atoms with Crippen LogP contribution in [0.1, 0.15) is 15.9 Å². The van der Waals surface area contributed by atoms with Crippen molar-refractivity contribution in [1.82, 2.24) is 19.9 Å². The molecular formula is C25H20ClN5O2. The molecule has 5 rings (SSSR count). The first-order valence-corrected chi connectivity index (χ1v) is 10.7. The number of carbonyl (C=O) groups excluding carboxylic acids is 1. The van der Waals surface area contributed by atoms with E-state index < -0.39 is 0 Å². The molecule has 33 heavy (non-hydrogen) atoms. The number of nitrogen functional groups attached to an aromatic ring is 1. The Morgan fingerprint density at radius 2 is 1.76 bits per heavy atom. The van der Waals surface area contributed by atoms with Gasteiger partial charge in [0.2, 0.25) is 0 Å². The molecule has 7 nitrogen and oxygen atoms in total. The summed E-state index contributed by atoms with van der Waals surface area (Å²) >= 11 is 6.23. The zero-order valence-corrected chi connectivity index (χ0v) is 18.5. The van der Waals surface area contributed by atoms with E-state index in [1.165, 1.54) is 0 Å². The van der Waals surface area contributed by atoms with Crippen LogP contribution in [0.3, 0.4) is 0 Å². The number of fused-ring (bicyclic) bond motifs is 2. The van der Waals surface area contributed by atoms with Crippen molar-refractivity contribution in [1.29, 1.82) is 0 Å². The lowest BCUT2D eigenvalue weighted by molar-refractivity contribution is 0.0953. The number of nitrogens with zero attached hydrogens (tertiary/aromatic N) is 3. The molecule has 0 aliphatic heterocycles. The smallest absolute Gasteiger partial charge is 0.257 e. The van der Waals surface area contributed by atoms with Gasteiger partial charge in [-0.2, -0.15) is 0 Å². The van der Waals surface area contributed by atoms with E-state index in [4.69, 9.17) is 32.0 Å². The Morgan fingerprint density at radius 1 is 1.03 bits per heavy atom. The van der Waals surface area contributed by atoms with Gasteiger partial charge in [-0.25, -0.2) is 9.97 Å². The molecule has 164 valence electrons. The molecule has 3 aromatic carbocycles. The number of carbonyl (C=O) groups is 1. The van der Waals surface area contributed by atoms with E-state index in [2.05, 4.69) is 5.32 Å². The second kappa shape index (κ2) is 8.44. The standard InChI is InChI=1S/C25H20ClN5O2/c1-33-20-12-5-2-7-15(20)14-28-25(32)21-22-24(30-19-11-4-3-10-18(19)29-22)31(23(21)27)17-9-6-8-16(26)13-17/h2-13H,14,27H2,1H3,(H,28,32). The van der Waals surface area contributed by atoms with Crippen molar-refractivity contribution in [2.45, 2.75) is 6.54 Å². The summed E-state index contributed by atoms with van der Waals surface area (Å²) in [6.07, 6.45) is 0. The lowest BCUT2D eigenvalue weighted by atomic mass is 10.2. The summed E-state index contributed by atoms with van der Waals surface area (Å²) in [7, 11) is 1.60. The average Bonchev–Trinajstić information content (AvgIpc) is 3.11. The van der Waals surface area contributed by atoms with Crippen molar-refractivity contribution < 1.29 is 9.53 Å². The average molecular weight is 458 g/mol. The number of nitrogens with one attached hydrogen (secondary N) is 1. The topological polar surface area (TPSA) is 95.1 Å². The largest absolute Gasteiger partial charge is 0.496 e. The zero-order chi connectivity index (χ0) is 22.9. The van der Waals surface area contributed by atoms with Crippen molar-refractivity contribution in [3.8, 4) is 11.4 Å². The quantitative estimate of drug-likeness (QED) is 0.397. The van der Waals surface area contributed by atoms with Gasteiger partial charge in [0.25, 0.3) is 5.91 Å². The van der Waals surface area contributed by atoms with Crippen LogP contribution in [0.4, 0.5) is 5.82 Å². The molecule has 0 aliphatic rings. The van der Waals surface area contributed by atoms with Crippen LogP contribution < -0.4 is 15.8 Å². The van der Waals surface area contributed by atoms with Crippen molar-refractivity contribution >= 4 is 45.5 Å². The molecule has 3 N–H and O–H groups in total. The highest BCUT2D eigenvalue weighted by Crippen LogP contribution is 2.32. The second-order valence-corrected chi connectivity index (χ2v) is 7.89. The lowest BCUT2D eigenvalue weighted by Crippen LogP contribution is -2.24. The van der Waals surface area contributed by atoms with E-state index in [0.29, 0.717) is 38.7 Å². The summed E-state index contributed by atoms with van der Waals surface area (Å²) < 4.78 is 7.09. The summed E-state index contributed by atoms with van der Waals surface area (Å²) in [6.45, 7) is 0.271. The number of halogens is 1. The van der Waals surface area contributed by atoms with Crippen LogP contribution >= 0.6 is 11.6 Å². The van der Waals surface area contributed by atoms with Crippen LogP contribution in [0, 0.1) is 0 Å². The van der Waals surface area contributed by atoms with Crippen molar-refractivity contribution in [2.75, 3.05) is 12.8 Å². The molecule has 1 amide bonds. The molecule has 0 fully saturated rings. The number of benzene rings is 3. The number of rotatable bonds is 5. The number of anilines is 1. The number of ether oxygens (including phenoxy) is 1. The van der Waals surface area contributed by atoms with Gasteiger partial charge in [0.15, 0.2) is 5.65 Å². The third kappa shape index (κ3) is 3.72. The molecule has 0 aliphatic carbocycles. The third-order valence-corrected chi connectivity index (χ3v) is 5.66. The number of para-hydroxylation sites is 3. The maximum Gasteiger partial charge on any atom is 0.257 e. The van der Waals surface area contributed by atoms with Gasteiger partial charge < -0.3 is 15.8 Å². The molecule has 0 radical (unpaired) electrons. The van der Waals surface area contributed by atoms with Gasteiger partial charge in [-0.05, 0) is 36.4 Å². The van der Waals surface area contributed by atoms with Gasteiger partial charge in [0.1, 0.15) is 22.6 Å². The number of amides is 1. The highest BCUT2D eigenvalue weighted by atomic mass is 35.5. The fourth-order valence-corrected chi connectivity index (χ4v) is 4.06. The Balaban J connectivity index is 1.65. The minimum atomic E-state index is -0.353. The molecular weight excluding hydrogens is 438 g/mol. The Labute approximate surface area is 194 Å². The maximum atomic E-state index is 13.4. The van der Waals surface area contributed by atoms with Crippen LogP contribution in [0.2, 0.25) is 5.02 Å². The zero-order valence-electron chi connectivity index (χ0n) is 17.7. The molecule has 0 atom stereocenters. The Kier molecular flexibility index (Phi) is 5.32. The van der Waals surface area contributed by atoms with Crippen molar-refractivity contribution in [3.05, 3.63) is 88.9 Å². The van der Waals surface area contributed by atoms with Crippen LogP contribution in [0.25, 0.3) is 27.9 Å². The highest BCUT2D eigenvalue weighted by Gasteiger charge is 2.25. The highest BCUT2D eigenvalue weighted by molar-refractivity contribution is 6.30. The molecule has 5 aromatic rings. The molecule has 2 heterocycles. The number of aromatic nitrogens is 3. The van der Waals surface area contributed by atoms with Crippen molar-refractivity contribution in [2.24, 2.45) is 0 Å². The van der Waals surface area contributed by atoms with Gasteiger partial charge in [-0.3, -0.25) is 9.36 Å². The van der Waals surface area contributed by atoms with E-state index in [0.717, 1.165) is 5.56 Å². The van der Waals surface area contributed by atoms with Crippen LogP contribution in [0.5, 0.6) is 5.75 Å². The van der Waals surface area contributed by atoms with E-state index in [-0.39, 0.29) is 23.8 Å². The summed E-state index contributed by atoms with van der Waals surface area (Å²) in [5.74, 6) is 0.576. The van der Waals surface area contributed by atoms with Crippen LogP contribution in [-0.2, 0) is 6.54 Å². The molecule has 0 saturated heterocycles. The molecule has 0 unspecified atom stereocenters. The molecule has 0 saturated carbocycles. The fourth-order valence-electron chi connectivity index (χ4n) is 3.87. The Hall–Kier alpha value is -4.10. The number of hydrogen-bond donors (Lipinski definition) is 2. The SMILES string of the molecule is COc1ccccc1CNC(=O)c1c(N)n(-c2cccc(Cl)c2)c2nc3ccccc3nc12. The van der Waals surface area contributed by atoms with Crippen LogP contribution in [-0.4, -0.2) is 27.6 Å². The number of methoxy groups -OCH3 is 1. The van der Waals surface area contributed by atoms with E-state index in [1.54, 1.807) is 23.8 Å². The van der Waals surface area contributed by atoms with Gasteiger partial charge in [-0.15, -0.1) is 0 Å². The second-order valence-electron chi connectivity index (χ2n) is 7.45. The lowest BCUT2D eigenvalue weighted by Gasteiger charge is -2.10. The number of hydrogen-bond acceptors (Lipinski definition) is 5. The predicted octanol–water partition coefficient (Wildman–Crippen LogP) is 4.75. The van der Waals surface area contributed by atoms with E-state index in [9.17, 15) is 4.79 Å². The van der Waals surface area contributed by atoms with Crippen LogP contribution in [0.15, 0.2) is 72.8 Å². The monoisotopic (exact) mass is 457 g/mol. The first-order chi connectivity index (χ1) is 16.1. The molecule has 0 spiro atoms. The molecule has 2 aromatic heterocycles. The summed E-state index contributed by atoms with van der Waals surface area (Å²) in [5, 5.41) is 3.49. The summed E-state index contributed by atoms with van der Waals surface area (Å²) in [6, 6.07) is 22.2. The van der Waals surface area contributed by atoms with Gasteiger partial charge in [-0.1, -0.05) is 48.0 Å². The minimum absolute atomic E-state index is 0.236.